The Morgan fingerprint density at radius 3 is 2.75 bits per heavy atom. The molecule has 0 aliphatic carbocycles. The van der Waals surface area contributed by atoms with Gasteiger partial charge in [-0.1, -0.05) is 6.07 Å². The average molecular weight is 274 g/mol. The quantitative estimate of drug-likeness (QED) is 0.849. The zero-order valence-corrected chi connectivity index (χ0v) is 12.0. The van der Waals surface area contributed by atoms with Gasteiger partial charge in [-0.3, -0.25) is 4.40 Å². The van der Waals surface area contributed by atoms with Crippen molar-refractivity contribution in [2.45, 2.75) is 13.0 Å². The van der Waals surface area contributed by atoms with Gasteiger partial charge in [0, 0.05) is 57.4 Å². The minimum absolute atomic E-state index is 0.501. The molecule has 0 radical (unpaired) electrons. The van der Waals surface area contributed by atoms with Crippen molar-refractivity contribution in [2.24, 2.45) is 5.73 Å². The standard InChI is InChI=1S/C14H22N6/c1-18-7-9-19(10-8-18)6-4-13-16-17-14-12(11-15)3-2-5-20(13)14/h2-3,5H,4,6-11,15H2,1H3. The highest BCUT2D eigenvalue weighted by molar-refractivity contribution is 5.47. The number of nitrogens with zero attached hydrogens (tertiary/aromatic N) is 5. The van der Waals surface area contributed by atoms with E-state index in [0.29, 0.717) is 6.54 Å². The molecular formula is C14H22N6. The first-order chi connectivity index (χ1) is 9.78. The molecule has 0 unspecified atom stereocenters. The van der Waals surface area contributed by atoms with Crippen molar-refractivity contribution in [1.29, 1.82) is 0 Å². The van der Waals surface area contributed by atoms with Crippen LogP contribution >= 0.6 is 0 Å². The Morgan fingerprint density at radius 1 is 1.20 bits per heavy atom. The molecular weight excluding hydrogens is 252 g/mol. The molecule has 6 nitrogen and oxygen atoms in total. The molecule has 0 atom stereocenters. The Morgan fingerprint density at radius 2 is 2.00 bits per heavy atom. The molecule has 0 amide bonds. The second kappa shape index (κ2) is 5.87. The molecule has 1 aliphatic rings. The molecule has 2 aromatic heterocycles. The number of pyridine rings is 1. The van der Waals surface area contributed by atoms with Gasteiger partial charge in [0.2, 0.25) is 0 Å². The first-order valence-corrected chi connectivity index (χ1v) is 7.20. The highest BCUT2D eigenvalue weighted by Gasteiger charge is 2.15. The number of hydrogen-bond donors (Lipinski definition) is 1. The van der Waals surface area contributed by atoms with Crippen LogP contribution in [-0.2, 0) is 13.0 Å². The smallest absolute Gasteiger partial charge is 0.165 e. The van der Waals surface area contributed by atoms with E-state index in [9.17, 15) is 0 Å². The fourth-order valence-electron chi connectivity index (χ4n) is 2.68. The summed E-state index contributed by atoms with van der Waals surface area (Å²) in [6.45, 7) is 6.13. The number of hydrogen-bond acceptors (Lipinski definition) is 5. The molecule has 108 valence electrons. The molecule has 1 fully saturated rings. The lowest BCUT2D eigenvalue weighted by Gasteiger charge is -2.32. The third kappa shape index (κ3) is 2.67. The highest BCUT2D eigenvalue weighted by atomic mass is 15.3. The molecule has 0 bridgehead atoms. The van der Waals surface area contributed by atoms with E-state index < -0.39 is 0 Å². The Labute approximate surface area is 119 Å². The molecule has 1 aliphatic heterocycles. The van der Waals surface area contributed by atoms with Crippen LogP contribution in [0.5, 0.6) is 0 Å². The van der Waals surface area contributed by atoms with Crippen LogP contribution in [0.1, 0.15) is 11.4 Å². The normalized spacial score (nSPS) is 17.9. The minimum Gasteiger partial charge on any atom is -0.326 e. The van der Waals surface area contributed by atoms with E-state index in [4.69, 9.17) is 5.73 Å². The van der Waals surface area contributed by atoms with Gasteiger partial charge in [0.15, 0.2) is 5.65 Å². The number of likely N-dealkylation sites (N-methyl/N-ethyl adjacent to an activating group) is 1. The SMILES string of the molecule is CN1CCN(CCc2nnc3c(CN)cccn23)CC1. The number of nitrogens with two attached hydrogens (primary N) is 1. The molecule has 6 heteroatoms. The first kappa shape index (κ1) is 13.5. The predicted octanol–water partition coefficient (Wildman–Crippen LogP) is -0.0221. The van der Waals surface area contributed by atoms with E-state index in [0.717, 1.165) is 56.2 Å². The second-order valence-corrected chi connectivity index (χ2v) is 5.44. The van der Waals surface area contributed by atoms with Gasteiger partial charge in [-0.15, -0.1) is 10.2 Å². The zero-order chi connectivity index (χ0) is 13.9. The summed E-state index contributed by atoms with van der Waals surface area (Å²) in [5.41, 5.74) is 7.67. The summed E-state index contributed by atoms with van der Waals surface area (Å²) >= 11 is 0. The average Bonchev–Trinajstić information content (AvgIpc) is 2.90. The van der Waals surface area contributed by atoms with E-state index in [1.165, 1.54) is 0 Å². The maximum atomic E-state index is 5.74. The van der Waals surface area contributed by atoms with Crippen LogP contribution in [0.25, 0.3) is 5.65 Å². The van der Waals surface area contributed by atoms with Crippen LogP contribution in [0.2, 0.25) is 0 Å². The van der Waals surface area contributed by atoms with Crippen molar-refractivity contribution >= 4 is 5.65 Å². The van der Waals surface area contributed by atoms with Crippen LogP contribution in [-0.4, -0.2) is 64.2 Å². The van der Waals surface area contributed by atoms with Crippen LogP contribution in [0.3, 0.4) is 0 Å². The molecule has 3 heterocycles. The zero-order valence-electron chi connectivity index (χ0n) is 12.0. The summed E-state index contributed by atoms with van der Waals surface area (Å²) < 4.78 is 2.07. The number of fused-ring (bicyclic) bond motifs is 1. The summed E-state index contributed by atoms with van der Waals surface area (Å²) in [6, 6.07) is 4.02. The highest BCUT2D eigenvalue weighted by Crippen LogP contribution is 2.10. The summed E-state index contributed by atoms with van der Waals surface area (Å²) in [7, 11) is 2.18. The van der Waals surface area contributed by atoms with Crippen molar-refractivity contribution < 1.29 is 0 Å². The molecule has 3 rings (SSSR count). The van der Waals surface area contributed by atoms with Gasteiger partial charge < -0.3 is 15.5 Å². The Kier molecular flexibility index (Phi) is 3.95. The van der Waals surface area contributed by atoms with Crippen molar-refractivity contribution in [3.05, 3.63) is 29.7 Å². The third-order valence-corrected chi connectivity index (χ3v) is 4.05. The summed E-state index contributed by atoms with van der Waals surface area (Å²) in [5.74, 6) is 1.02. The van der Waals surface area contributed by atoms with Crippen molar-refractivity contribution in [2.75, 3.05) is 39.8 Å². The maximum absolute atomic E-state index is 5.74. The molecule has 1 saturated heterocycles. The third-order valence-electron chi connectivity index (χ3n) is 4.05. The monoisotopic (exact) mass is 274 g/mol. The van der Waals surface area contributed by atoms with E-state index in [1.807, 2.05) is 18.3 Å². The van der Waals surface area contributed by atoms with Crippen molar-refractivity contribution in [1.82, 2.24) is 24.4 Å². The van der Waals surface area contributed by atoms with E-state index in [2.05, 4.69) is 31.4 Å². The van der Waals surface area contributed by atoms with Gasteiger partial charge >= 0.3 is 0 Å². The Bertz CT molecular complexity index is 570. The fraction of sp³-hybridized carbons (Fsp3) is 0.571. The first-order valence-electron chi connectivity index (χ1n) is 7.20. The minimum atomic E-state index is 0.501. The molecule has 0 spiro atoms. The van der Waals surface area contributed by atoms with E-state index in [-0.39, 0.29) is 0 Å². The second-order valence-electron chi connectivity index (χ2n) is 5.44. The van der Waals surface area contributed by atoms with Gasteiger partial charge in [0.25, 0.3) is 0 Å². The van der Waals surface area contributed by atoms with Crippen LogP contribution in [0.15, 0.2) is 18.3 Å². The summed E-state index contributed by atoms with van der Waals surface area (Å²) in [5, 5.41) is 8.60. The number of piperazine rings is 1. The van der Waals surface area contributed by atoms with Crippen molar-refractivity contribution in [3.63, 3.8) is 0 Å². The number of aromatic nitrogens is 3. The Hall–Kier alpha value is -1.50. The van der Waals surface area contributed by atoms with Crippen LogP contribution in [0, 0.1) is 0 Å². The summed E-state index contributed by atoms with van der Waals surface area (Å²) in [4.78, 5) is 4.87. The molecule has 0 saturated carbocycles. The van der Waals surface area contributed by atoms with Crippen molar-refractivity contribution in [3.8, 4) is 0 Å². The van der Waals surface area contributed by atoms with Gasteiger partial charge in [-0.2, -0.15) is 0 Å². The van der Waals surface area contributed by atoms with Gasteiger partial charge in [0.05, 0.1) is 0 Å². The molecule has 0 aromatic carbocycles. The van der Waals surface area contributed by atoms with Gasteiger partial charge in [-0.25, -0.2) is 0 Å². The molecule has 2 N–H and O–H groups in total. The van der Waals surface area contributed by atoms with E-state index >= 15 is 0 Å². The summed E-state index contributed by atoms with van der Waals surface area (Å²) in [6.07, 6.45) is 2.95. The van der Waals surface area contributed by atoms with Crippen LogP contribution in [0.4, 0.5) is 0 Å². The predicted molar refractivity (Wildman–Crippen MR) is 78.5 cm³/mol. The maximum Gasteiger partial charge on any atom is 0.165 e. The lowest BCUT2D eigenvalue weighted by atomic mass is 10.2. The van der Waals surface area contributed by atoms with Gasteiger partial charge in [0.1, 0.15) is 5.82 Å². The van der Waals surface area contributed by atoms with Gasteiger partial charge in [-0.05, 0) is 13.1 Å². The molecule has 20 heavy (non-hydrogen) atoms. The topological polar surface area (TPSA) is 62.7 Å². The lowest BCUT2D eigenvalue weighted by Crippen LogP contribution is -2.45. The number of rotatable bonds is 4. The largest absolute Gasteiger partial charge is 0.326 e. The lowest BCUT2D eigenvalue weighted by molar-refractivity contribution is 0.155. The fourth-order valence-corrected chi connectivity index (χ4v) is 2.68. The van der Waals surface area contributed by atoms with E-state index in [1.54, 1.807) is 0 Å². The molecule has 2 aromatic rings. The Balaban J connectivity index is 1.69. The van der Waals surface area contributed by atoms with Crippen LogP contribution < -0.4 is 5.73 Å².